The Kier molecular flexibility index (Phi) is 2.63. The second-order valence-electron chi connectivity index (χ2n) is 4.83. The first-order chi connectivity index (χ1) is 8.72. The van der Waals surface area contributed by atoms with Crippen LogP contribution in [0, 0.1) is 0 Å². The van der Waals surface area contributed by atoms with Crippen LogP contribution < -0.4 is 4.57 Å². The molecule has 4 nitrogen and oxygen atoms in total. The zero-order valence-corrected chi connectivity index (χ0v) is 10.7. The number of benzene rings is 1. The van der Waals surface area contributed by atoms with Crippen LogP contribution in [0.25, 0.3) is 11.0 Å². The molecule has 0 aliphatic rings. The van der Waals surface area contributed by atoms with E-state index >= 15 is 0 Å². The summed E-state index contributed by atoms with van der Waals surface area (Å²) in [6, 6.07) is 8.60. The van der Waals surface area contributed by atoms with Gasteiger partial charge in [0.05, 0.1) is 17.1 Å². The summed E-state index contributed by atoms with van der Waals surface area (Å²) < 4.78 is 4.32. The van der Waals surface area contributed by atoms with Gasteiger partial charge in [0, 0.05) is 0 Å². The zero-order valence-electron chi connectivity index (χ0n) is 10.7. The minimum Gasteiger partial charge on any atom is -0.339 e. The van der Waals surface area contributed by atoms with Gasteiger partial charge in [0.25, 0.3) is 0 Å². The number of H-pyrrole nitrogens is 1. The highest BCUT2D eigenvalue weighted by Gasteiger charge is 2.09. The van der Waals surface area contributed by atoms with E-state index in [1.54, 1.807) is 0 Å². The summed E-state index contributed by atoms with van der Waals surface area (Å²) in [5.41, 5.74) is 2.12. The molecule has 0 amide bonds. The van der Waals surface area contributed by atoms with Gasteiger partial charge in [-0.1, -0.05) is 12.1 Å². The third kappa shape index (κ3) is 2.01. The van der Waals surface area contributed by atoms with Gasteiger partial charge in [-0.3, -0.25) is 0 Å². The maximum atomic E-state index is 4.58. The third-order valence-corrected chi connectivity index (χ3v) is 3.08. The smallest absolute Gasteiger partial charge is 0.244 e. The van der Waals surface area contributed by atoms with Crippen molar-refractivity contribution in [3.8, 4) is 0 Å². The maximum Gasteiger partial charge on any atom is 0.244 e. The van der Waals surface area contributed by atoms with E-state index in [4.69, 9.17) is 0 Å². The lowest BCUT2D eigenvalue weighted by Crippen LogP contribution is -2.32. The summed E-state index contributed by atoms with van der Waals surface area (Å²) >= 11 is 0. The average Bonchev–Trinajstić information content (AvgIpc) is 2.94. The van der Waals surface area contributed by atoms with Crippen LogP contribution in [0.5, 0.6) is 0 Å². The number of hydrogen-bond acceptors (Lipinski definition) is 1. The van der Waals surface area contributed by atoms with Crippen LogP contribution in [0.1, 0.15) is 25.7 Å². The first kappa shape index (κ1) is 11.0. The van der Waals surface area contributed by atoms with E-state index in [0.29, 0.717) is 6.04 Å². The fourth-order valence-electron chi connectivity index (χ4n) is 2.06. The van der Waals surface area contributed by atoms with Crippen LogP contribution in [0.2, 0.25) is 0 Å². The van der Waals surface area contributed by atoms with Crippen LogP contribution in [0.15, 0.2) is 43.0 Å². The fraction of sp³-hybridized carbons (Fsp3) is 0.286. The molecular weight excluding hydrogens is 224 g/mol. The van der Waals surface area contributed by atoms with Gasteiger partial charge in [0.15, 0.2) is 0 Å². The average molecular weight is 241 g/mol. The minimum atomic E-state index is 0.488. The van der Waals surface area contributed by atoms with Crippen LogP contribution in [0.4, 0.5) is 0 Å². The van der Waals surface area contributed by atoms with E-state index in [1.165, 1.54) is 0 Å². The van der Waals surface area contributed by atoms with Crippen LogP contribution in [0.3, 0.4) is 0 Å². The quantitative estimate of drug-likeness (QED) is 0.702. The molecule has 0 radical (unpaired) electrons. The van der Waals surface area contributed by atoms with Gasteiger partial charge < -0.3 is 4.98 Å². The largest absolute Gasteiger partial charge is 0.339 e. The van der Waals surface area contributed by atoms with Crippen molar-refractivity contribution >= 4 is 11.0 Å². The Morgan fingerprint density at radius 1 is 1.33 bits per heavy atom. The lowest BCUT2D eigenvalue weighted by Gasteiger charge is -1.97. The van der Waals surface area contributed by atoms with Gasteiger partial charge >= 0.3 is 0 Å². The van der Waals surface area contributed by atoms with Gasteiger partial charge in [-0.25, -0.2) is 14.1 Å². The van der Waals surface area contributed by atoms with Gasteiger partial charge in [0.2, 0.25) is 6.33 Å². The number of aromatic nitrogens is 4. The van der Waals surface area contributed by atoms with E-state index in [2.05, 4.69) is 57.7 Å². The van der Waals surface area contributed by atoms with Crippen molar-refractivity contribution in [2.24, 2.45) is 0 Å². The Bertz CT molecular complexity index is 630. The summed E-state index contributed by atoms with van der Waals surface area (Å²) in [5.74, 6) is 0.989. The van der Waals surface area contributed by atoms with E-state index in [9.17, 15) is 0 Å². The Labute approximate surface area is 106 Å². The summed E-state index contributed by atoms with van der Waals surface area (Å²) in [4.78, 5) is 7.92. The molecule has 2 heterocycles. The standard InChI is InChI=1S/C14H17N4/c1-11(2)18-8-7-17(10-18)9-14-15-12-5-3-4-6-13(12)16-14/h3-8,10-11H,9H2,1-2H3,(H,15,16)/q+1. The number of imidazole rings is 2. The summed E-state index contributed by atoms with van der Waals surface area (Å²) in [7, 11) is 0. The molecule has 0 aliphatic carbocycles. The van der Waals surface area contributed by atoms with Crippen molar-refractivity contribution in [2.45, 2.75) is 26.4 Å². The Morgan fingerprint density at radius 2 is 2.17 bits per heavy atom. The molecule has 4 heteroatoms. The highest BCUT2D eigenvalue weighted by Crippen LogP contribution is 2.10. The van der Waals surface area contributed by atoms with Gasteiger partial charge in [0.1, 0.15) is 24.8 Å². The molecule has 0 bridgehead atoms. The first-order valence-corrected chi connectivity index (χ1v) is 6.22. The molecule has 3 rings (SSSR count). The lowest BCUT2D eigenvalue weighted by atomic mass is 10.3. The van der Waals surface area contributed by atoms with Crippen molar-refractivity contribution in [3.05, 3.63) is 48.8 Å². The Morgan fingerprint density at radius 3 is 2.89 bits per heavy atom. The lowest BCUT2D eigenvalue weighted by molar-refractivity contribution is -0.688. The molecule has 0 fully saturated rings. The molecule has 18 heavy (non-hydrogen) atoms. The summed E-state index contributed by atoms with van der Waals surface area (Å²) in [6.45, 7) is 5.12. The number of fused-ring (bicyclic) bond motifs is 1. The number of rotatable bonds is 3. The highest BCUT2D eigenvalue weighted by atomic mass is 15.1. The molecular formula is C14H17N4+. The topological polar surface area (TPSA) is 37.5 Å². The van der Waals surface area contributed by atoms with Crippen LogP contribution in [-0.4, -0.2) is 14.5 Å². The van der Waals surface area contributed by atoms with Gasteiger partial charge in [-0.2, -0.15) is 0 Å². The van der Waals surface area contributed by atoms with E-state index in [-0.39, 0.29) is 0 Å². The Balaban J connectivity index is 1.86. The molecule has 2 aromatic heterocycles. The van der Waals surface area contributed by atoms with Crippen LogP contribution >= 0.6 is 0 Å². The normalized spacial score (nSPS) is 11.5. The van der Waals surface area contributed by atoms with Gasteiger partial charge in [-0.05, 0) is 26.0 Å². The number of para-hydroxylation sites is 2. The maximum absolute atomic E-state index is 4.58. The molecule has 0 aliphatic heterocycles. The van der Waals surface area contributed by atoms with Crippen molar-refractivity contribution < 1.29 is 4.57 Å². The van der Waals surface area contributed by atoms with Crippen molar-refractivity contribution in [1.82, 2.24) is 14.5 Å². The molecule has 92 valence electrons. The van der Waals surface area contributed by atoms with Gasteiger partial charge in [-0.15, -0.1) is 0 Å². The van der Waals surface area contributed by atoms with Crippen molar-refractivity contribution in [3.63, 3.8) is 0 Å². The number of hydrogen-bond donors (Lipinski definition) is 1. The predicted octanol–water partition coefficient (Wildman–Crippen LogP) is 2.28. The minimum absolute atomic E-state index is 0.488. The molecule has 1 aromatic carbocycles. The monoisotopic (exact) mass is 241 g/mol. The van der Waals surface area contributed by atoms with E-state index in [1.807, 2.05) is 18.2 Å². The number of nitrogens with one attached hydrogen (secondary N) is 1. The summed E-state index contributed by atoms with van der Waals surface area (Å²) in [6.07, 6.45) is 6.28. The number of nitrogens with zero attached hydrogens (tertiary/aromatic N) is 3. The molecule has 1 N–H and O–H groups in total. The molecule has 0 saturated heterocycles. The zero-order chi connectivity index (χ0) is 12.5. The number of aromatic amines is 1. The van der Waals surface area contributed by atoms with Crippen molar-refractivity contribution in [2.75, 3.05) is 0 Å². The third-order valence-electron chi connectivity index (χ3n) is 3.08. The molecule has 0 unspecified atom stereocenters. The van der Waals surface area contributed by atoms with E-state index < -0.39 is 0 Å². The molecule has 3 aromatic rings. The summed E-state index contributed by atoms with van der Waals surface area (Å²) in [5, 5.41) is 0. The van der Waals surface area contributed by atoms with Crippen LogP contribution in [-0.2, 0) is 6.54 Å². The molecule has 0 saturated carbocycles. The van der Waals surface area contributed by atoms with E-state index in [0.717, 1.165) is 23.4 Å². The SMILES string of the molecule is CC(C)n1cc[n+](Cc2nc3ccccc3[nH]2)c1. The fourth-order valence-corrected chi connectivity index (χ4v) is 2.06. The predicted molar refractivity (Wildman–Crippen MR) is 70.2 cm³/mol. The second kappa shape index (κ2) is 4.29. The molecule has 0 spiro atoms. The molecule has 0 atom stereocenters. The van der Waals surface area contributed by atoms with Crippen molar-refractivity contribution in [1.29, 1.82) is 0 Å². The second-order valence-corrected chi connectivity index (χ2v) is 4.83. The highest BCUT2D eigenvalue weighted by molar-refractivity contribution is 5.74. The first-order valence-electron chi connectivity index (χ1n) is 6.22. The Hall–Kier alpha value is -2.10.